The molecule has 1 heterocycles. The molecule has 92 valence electrons. The molecular formula is C11H14N2O3S. The van der Waals surface area contributed by atoms with Crippen LogP contribution < -0.4 is 5.32 Å². The van der Waals surface area contributed by atoms with E-state index in [9.17, 15) is 9.59 Å². The maximum Gasteiger partial charge on any atom is 0.328 e. The van der Waals surface area contributed by atoms with E-state index in [0.29, 0.717) is 22.3 Å². The van der Waals surface area contributed by atoms with Crippen LogP contribution in [0.4, 0.5) is 5.13 Å². The van der Waals surface area contributed by atoms with Gasteiger partial charge < -0.3 is 10.4 Å². The Morgan fingerprint density at radius 3 is 2.88 bits per heavy atom. The summed E-state index contributed by atoms with van der Waals surface area (Å²) in [4.78, 5) is 26.4. The second-order valence-electron chi connectivity index (χ2n) is 3.89. The molecule has 1 aromatic heterocycles. The number of carbonyl (C=O) groups is 2. The highest BCUT2D eigenvalue weighted by atomic mass is 32.1. The smallest absolute Gasteiger partial charge is 0.328 e. The van der Waals surface area contributed by atoms with Gasteiger partial charge in [0.2, 0.25) is 5.91 Å². The first-order valence-electron chi connectivity index (χ1n) is 5.14. The standard InChI is InChI=1S/C11H14N2O3S/c1-7(2)5-9(14)13-11-12-6-8(17-11)3-4-10(15)16/h3-4,6-7H,5H2,1-2H3,(H,15,16)(H,12,13,14). The van der Waals surface area contributed by atoms with E-state index in [0.717, 1.165) is 6.08 Å². The molecule has 0 aliphatic heterocycles. The van der Waals surface area contributed by atoms with E-state index >= 15 is 0 Å². The number of anilines is 1. The van der Waals surface area contributed by atoms with Gasteiger partial charge in [0, 0.05) is 23.6 Å². The number of amides is 1. The Labute approximate surface area is 103 Å². The maximum atomic E-state index is 11.4. The molecule has 0 aliphatic rings. The van der Waals surface area contributed by atoms with Crippen LogP contribution in [0.5, 0.6) is 0 Å². The van der Waals surface area contributed by atoms with E-state index in [1.54, 1.807) is 0 Å². The first-order valence-corrected chi connectivity index (χ1v) is 5.95. The molecule has 0 radical (unpaired) electrons. The Bertz CT molecular complexity index is 438. The zero-order valence-corrected chi connectivity index (χ0v) is 10.5. The molecule has 0 saturated heterocycles. The normalized spacial score (nSPS) is 11.0. The van der Waals surface area contributed by atoms with Crippen LogP contribution in [0, 0.1) is 5.92 Å². The molecule has 0 bridgehead atoms. The highest BCUT2D eigenvalue weighted by Crippen LogP contribution is 2.19. The summed E-state index contributed by atoms with van der Waals surface area (Å²) >= 11 is 1.24. The fourth-order valence-electron chi connectivity index (χ4n) is 1.12. The number of nitrogens with zero attached hydrogens (tertiary/aromatic N) is 1. The molecule has 0 aliphatic carbocycles. The van der Waals surface area contributed by atoms with Gasteiger partial charge in [0.05, 0.1) is 0 Å². The van der Waals surface area contributed by atoms with Gasteiger partial charge in [0.1, 0.15) is 0 Å². The Kier molecular flexibility index (Phi) is 4.84. The number of rotatable bonds is 5. The summed E-state index contributed by atoms with van der Waals surface area (Å²) in [6.07, 6.45) is 4.44. The van der Waals surface area contributed by atoms with Gasteiger partial charge in [0.25, 0.3) is 0 Å². The van der Waals surface area contributed by atoms with E-state index in [4.69, 9.17) is 5.11 Å². The number of aliphatic carboxylic acids is 1. The van der Waals surface area contributed by atoms with Gasteiger partial charge >= 0.3 is 5.97 Å². The van der Waals surface area contributed by atoms with Gasteiger partial charge in [-0.15, -0.1) is 0 Å². The lowest BCUT2D eigenvalue weighted by Crippen LogP contribution is -2.13. The number of aromatic nitrogens is 1. The predicted octanol–water partition coefficient (Wildman–Crippen LogP) is 2.23. The molecule has 5 nitrogen and oxygen atoms in total. The summed E-state index contributed by atoms with van der Waals surface area (Å²) < 4.78 is 0. The fourth-order valence-corrected chi connectivity index (χ4v) is 1.85. The van der Waals surface area contributed by atoms with Gasteiger partial charge in [-0.25, -0.2) is 9.78 Å². The maximum absolute atomic E-state index is 11.4. The minimum absolute atomic E-state index is 0.0804. The van der Waals surface area contributed by atoms with Crippen LogP contribution >= 0.6 is 11.3 Å². The minimum atomic E-state index is -1.01. The molecule has 0 fully saturated rings. The number of nitrogens with one attached hydrogen (secondary N) is 1. The number of carboxylic acids is 1. The van der Waals surface area contributed by atoms with Crippen molar-refractivity contribution in [2.45, 2.75) is 20.3 Å². The minimum Gasteiger partial charge on any atom is -0.478 e. The van der Waals surface area contributed by atoms with Crippen molar-refractivity contribution in [2.24, 2.45) is 5.92 Å². The zero-order chi connectivity index (χ0) is 12.8. The van der Waals surface area contributed by atoms with E-state index in [1.165, 1.54) is 23.6 Å². The molecule has 17 heavy (non-hydrogen) atoms. The van der Waals surface area contributed by atoms with E-state index in [2.05, 4.69) is 10.3 Å². The van der Waals surface area contributed by atoms with Crippen LogP contribution in [0.2, 0.25) is 0 Å². The van der Waals surface area contributed by atoms with E-state index < -0.39 is 5.97 Å². The van der Waals surface area contributed by atoms with Crippen molar-refractivity contribution in [3.8, 4) is 0 Å². The fraction of sp³-hybridized carbons (Fsp3) is 0.364. The molecular weight excluding hydrogens is 240 g/mol. The molecule has 0 aromatic carbocycles. The van der Waals surface area contributed by atoms with Crippen molar-refractivity contribution < 1.29 is 14.7 Å². The SMILES string of the molecule is CC(C)CC(=O)Nc1ncc(C=CC(=O)O)s1. The lowest BCUT2D eigenvalue weighted by Gasteiger charge is -2.03. The number of thiazole rings is 1. The van der Waals surface area contributed by atoms with Crippen LogP contribution in [0.25, 0.3) is 6.08 Å². The second kappa shape index (κ2) is 6.15. The monoisotopic (exact) mass is 254 g/mol. The van der Waals surface area contributed by atoms with Crippen LogP contribution in [0.3, 0.4) is 0 Å². The molecule has 1 rings (SSSR count). The summed E-state index contributed by atoms with van der Waals surface area (Å²) in [5.74, 6) is -0.798. The number of hydrogen-bond acceptors (Lipinski definition) is 4. The van der Waals surface area contributed by atoms with Crippen molar-refractivity contribution in [1.29, 1.82) is 0 Å². The Morgan fingerprint density at radius 2 is 2.29 bits per heavy atom. The molecule has 1 amide bonds. The summed E-state index contributed by atoms with van der Waals surface area (Å²) in [7, 11) is 0. The molecule has 6 heteroatoms. The number of carbonyl (C=O) groups excluding carboxylic acids is 1. The molecule has 0 saturated carbocycles. The van der Waals surface area contributed by atoms with Crippen molar-refractivity contribution >= 4 is 34.4 Å². The zero-order valence-electron chi connectivity index (χ0n) is 9.64. The third-order valence-electron chi connectivity index (χ3n) is 1.75. The van der Waals surface area contributed by atoms with Gasteiger partial charge in [-0.3, -0.25) is 4.79 Å². The summed E-state index contributed by atoms with van der Waals surface area (Å²) in [5.41, 5.74) is 0. The lowest BCUT2D eigenvalue weighted by molar-refractivity contribution is -0.131. The van der Waals surface area contributed by atoms with Crippen LogP contribution in [0.1, 0.15) is 25.1 Å². The highest BCUT2D eigenvalue weighted by Gasteiger charge is 2.07. The van der Waals surface area contributed by atoms with Crippen molar-refractivity contribution in [2.75, 3.05) is 5.32 Å². The van der Waals surface area contributed by atoms with E-state index in [1.807, 2.05) is 13.8 Å². The molecule has 0 atom stereocenters. The number of carboxylic acid groups (broad SMARTS) is 1. The lowest BCUT2D eigenvalue weighted by atomic mass is 10.1. The Balaban J connectivity index is 2.56. The largest absolute Gasteiger partial charge is 0.478 e. The average Bonchev–Trinajstić information content (AvgIpc) is 2.61. The third kappa shape index (κ3) is 5.26. The van der Waals surface area contributed by atoms with Gasteiger partial charge in [-0.1, -0.05) is 25.2 Å². The van der Waals surface area contributed by atoms with Crippen molar-refractivity contribution in [1.82, 2.24) is 4.98 Å². The topological polar surface area (TPSA) is 79.3 Å². The molecule has 0 spiro atoms. The third-order valence-corrected chi connectivity index (χ3v) is 2.63. The number of hydrogen-bond donors (Lipinski definition) is 2. The summed E-state index contributed by atoms with van der Waals surface area (Å²) in [6, 6.07) is 0. The molecule has 0 unspecified atom stereocenters. The van der Waals surface area contributed by atoms with Gasteiger partial charge in [-0.2, -0.15) is 0 Å². The summed E-state index contributed by atoms with van der Waals surface area (Å²) in [5, 5.41) is 11.6. The van der Waals surface area contributed by atoms with Crippen LogP contribution in [-0.4, -0.2) is 22.0 Å². The van der Waals surface area contributed by atoms with Crippen LogP contribution in [-0.2, 0) is 9.59 Å². The quantitative estimate of drug-likeness (QED) is 0.790. The second-order valence-corrected chi connectivity index (χ2v) is 4.95. The predicted molar refractivity (Wildman–Crippen MR) is 66.9 cm³/mol. The van der Waals surface area contributed by atoms with Crippen molar-refractivity contribution in [3.05, 3.63) is 17.2 Å². The summed E-state index contributed by atoms with van der Waals surface area (Å²) in [6.45, 7) is 3.92. The average molecular weight is 254 g/mol. The first-order chi connectivity index (χ1) is 7.97. The van der Waals surface area contributed by atoms with Crippen LogP contribution in [0.15, 0.2) is 12.3 Å². The highest BCUT2D eigenvalue weighted by molar-refractivity contribution is 7.16. The Hall–Kier alpha value is -1.69. The molecule has 2 N–H and O–H groups in total. The van der Waals surface area contributed by atoms with Crippen molar-refractivity contribution in [3.63, 3.8) is 0 Å². The first kappa shape index (κ1) is 13.4. The Morgan fingerprint density at radius 1 is 1.59 bits per heavy atom. The molecule has 1 aromatic rings. The van der Waals surface area contributed by atoms with Gasteiger partial charge in [-0.05, 0) is 12.0 Å². The van der Waals surface area contributed by atoms with Gasteiger partial charge in [0.15, 0.2) is 5.13 Å². The van der Waals surface area contributed by atoms with E-state index in [-0.39, 0.29) is 5.91 Å².